The van der Waals surface area contributed by atoms with Gasteiger partial charge in [0.1, 0.15) is 0 Å². The minimum Gasteiger partial charge on any atom is -0.356 e. The van der Waals surface area contributed by atoms with Crippen LogP contribution in [0.25, 0.3) is 17.0 Å². The van der Waals surface area contributed by atoms with Crippen molar-refractivity contribution in [1.29, 1.82) is 0 Å². The third-order valence-electron chi connectivity index (χ3n) is 3.83. The smallest absolute Gasteiger partial charge is 0.184 e. The first-order chi connectivity index (χ1) is 12.7. The number of thioether (sulfide) groups is 1. The minimum absolute atomic E-state index is 0.687. The number of aromatic nitrogens is 3. The van der Waals surface area contributed by atoms with E-state index in [1.807, 2.05) is 59.3 Å². The van der Waals surface area contributed by atoms with Crippen LogP contribution in [-0.2, 0) is 5.75 Å². The molecule has 0 unspecified atom stereocenters. The fourth-order valence-corrected chi connectivity index (χ4v) is 4.75. The van der Waals surface area contributed by atoms with E-state index in [2.05, 4.69) is 23.2 Å². The molecule has 2 aromatic carbocycles. The zero-order valence-corrected chi connectivity index (χ0v) is 16.4. The molecule has 0 aliphatic heterocycles. The van der Waals surface area contributed by atoms with E-state index in [0.29, 0.717) is 5.75 Å². The number of rotatable bonds is 5. The topological polar surface area (TPSA) is 43.9 Å². The van der Waals surface area contributed by atoms with Crippen LogP contribution in [0.3, 0.4) is 0 Å². The average Bonchev–Trinajstić information content (AvgIpc) is 3.28. The van der Waals surface area contributed by atoms with Gasteiger partial charge in [0.25, 0.3) is 0 Å². The summed E-state index contributed by atoms with van der Waals surface area (Å²) in [5.74, 6) is 1.46. The molecule has 4 aromatic rings. The Hall–Kier alpha value is -2.22. The first-order valence-corrected chi connectivity index (χ1v) is 10.2. The lowest BCUT2D eigenvalue weighted by Gasteiger charge is -2.03. The standard InChI is InChI=1S/C19H15N3OS3/c1-13-7-5-6-10-16(13)22-19(24)26-18(20-22)25-12-15-11-17(23-21-15)14-8-3-2-4-9-14/h2-11H,12H2,1H3. The molecule has 2 aromatic heterocycles. The molecule has 130 valence electrons. The van der Waals surface area contributed by atoms with Crippen molar-refractivity contribution in [2.75, 3.05) is 0 Å². The molecule has 0 aliphatic carbocycles. The Labute approximate surface area is 164 Å². The minimum atomic E-state index is 0.687. The van der Waals surface area contributed by atoms with Gasteiger partial charge in [0.15, 0.2) is 14.1 Å². The molecule has 0 saturated carbocycles. The number of hydrogen-bond acceptors (Lipinski definition) is 6. The van der Waals surface area contributed by atoms with Crippen molar-refractivity contribution < 1.29 is 4.52 Å². The molecule has 0 aliphatic rings. The Balaban J connectivity index is 1.50. The molecule has 0 N–H and O–H groups in total. The van der Waals surface area contributed by atoms with Crippen molar-refractivity contribution in [1.82, 2.24) is 14.9 Å². The van der Waals surface area contributed by atoms with Crippen LogP contribution in [-0.4, -0.2) is 14.9 Å². The van der Waals surface area contributed by atoms with Crippen molar-refractivity contribution in [2.45, 2.75) is 17.0 Å². The summed E-state index contributed by atoms with van der Waals surface area (Å²) in [5, 5.41) is 8.81. The summed E-state index contributed by atoms with van der Waals surface area (Å²) in [4.78, 5) is 0. The molecule has 0 atom stereocenters. The Morgan fingerprint density at radius 3 is 2.69 bits per heavy atom. The van der Waals surface area contributed by atoms with Crippen LogP contribution >= 0.6 is 35.3 Å². The van der Waals surface area contributed by atoms with Crippen LogP contribution < -0.4 is 0 Å². The van der Waals surface area contributed by atoms with Crippen LogP contribution in [0.15, 0.2) is 69.5 Å². The second-order valence-electron chi connectivity index (χ2n) is 5.67. The predicted octanol–water partition coefficient (Wildman–Crippen LogP) is 5.92. The summed E-state index contributed by atoms with van der Waals surface area (Å²) >= 11 is 8.61. The van der Waals surface area contributed by atoms with Crippen molar-refractivity contribution in [2.24, 2.45) is 0 Å². The molecule has 0 fully saturated rings. The van der Waals surface area contributed by atoms with Crippen LogP contribution in [0.1, 0.15) is 11.3 Å². The third-order valence-corrected chi connectivity index (χ3v) is 6.23. The van der Waals surface area contributed by atoms with Crippen molar-refractivity contribution in [3.8, 4) is 17.0 Å². The molecule has 2 heterocycles. The molecule has 7 heteroatoms. The van der Waals surface area contributed by atoms with E-state index in [4.69, 9.17) is 16.7 Å². The maximum absolute atomic E-state index is 5.48. The van der Waals surface area contributed by atoms with Gasteiger partial charge in [-0.1, -0.05) is 76.8 Å². The second kappa shape index (κ2) is 7.57. The maximum atomic E-state index is 5.48. The van der Waals surface area contributed by atoms with Gasteiger partial charge < -0.3 is 4.52 Å². The van der Waals surface area contributed by atoms with Crippen molar-refractivity contribution in [3.63, 3.8) is 0 Å². The highest BCUT2D eigenvalue weighted by Gasteiger charge is 2.11. The number of nitrogens with zero attached hydrogens (tertiary/aromatic N) is 3. The lowest BCUT2D eigenvalue weighted by molar-refractivity contribution is 0.426. The Morgan fingerprint density at radius 2 is 1.88 bits per heavy atom. The fourth-order valence-electron chi connectivity index (χ4n) is 2.53. The summed E-state index contributed by atoms with van der Waals surface area (Å²) in [6, 6.07) is 20.0. The van der Waals surface area contributed by atoms with Crippen LogP contribution in [0.2, 0.25) is 0 Å². The second-order valence-corrected chi connectivity index (χ2v) is 8.51. The maximum Gasteiger partial charge on any atom is 0.184 e. The average molecular weight is 398 g/mol. The summed E-state index contributed by atoms with van der Waals surface area (Å²) < 4.78 is 8.94. The molecule has 0 radical (unpaired) electrons. The van der Waals surface area contributed by atoms with Gasteiger partial charge >= 0.3 is 0 Å². The summed E-state index contributed by atoms with van der Waals surface area (Å²) in [6.45, 7) is 2.06. The molecular weight excluding hydrogens is 382 g/mol. The van der Waals surface area contributed by atoms with Gasteiger partial charge in [0, 0.05) is 17.4 Å². The predicted molar refractivity (Wildman–Crippen MR) is 109 cm³/mol. The van der Waals surface area contributed by atoms with E-state index in [1.165, 1.54) is 11.3 Å². The number of aryl methyl sites for hydroxylation is 1. The van der Waals surface area contributed by atoms with Crippen molar-refractivity contribution >= 4 is 35.3 Å². The SMILES string of the molecule is Cc1ccccc1-n1nc(SCc2cc(-c3ccccc3)on2)sc1=S. The lowest BCUT2D eigenvalue weighted by atomic mass is 10.2. The highest BCUT2D eigenvalue weighted by molar-refractivity contribution is 8.00. The van der Waals surface area contributed by atoms with E-state index in [0.717, 1.165) is 36.6 Å². The molecule has 4 nitrogen and oxygen atoms in total. The van der Waals surface area contributed by atoms with E-state index in [9.17, 15) is 0 Å². The molecule has 0 saturated heterocycles. The number of hydrogen-bond donors (Lipinski definition) is 0. The van der Waals surface area contributed by atoms with Crippen LogP contribution in [0.4, 0.5) is 0 Å². The monoisotopic (exact) mass is 397 g/mol. The first-order valence-electron chi connectivity index (χ1n) is 8.01. The van der Waals surface area contributed by atoms with Gasteiger partial charge in [0.2, 0.25) is 0 Å². The van der Waals surface area contributed by atoms with Gasteiger partial charge in [-0.15, -0.1) is 5.10 Å². The number of para-hydroxylation sites is 1. The fraction of sp³-hybridized carbons (Fsp3) is 0.105. The zero-order valence-electron chi connectivity index (χ0n) is 14.0. The molecule has 0 spiro atoms. The quantitative estimate of drug-likeness (QED) is 0.309. The molecule has 0 bridgehead atoms. The van der Waals surface area contributed by atoms with E-state index >= 15 is 0 Å². The highest BCUT2D eigenvalue weighted by atomic mass is 32.2. The highest BCUT2D eigenvalue weighted by Crippen LogP contribution is 2.29. The van der Waals surface area contributed by atoms with Crippen LogP contribution in [0, 0.1) is 10.9 Å². The van der Waals surface area contributed by atoms with Crippen LogP contribution in [0.5, 0.6) is 0 Å². The van der Waals surface area contributed by atoms with Crippen molar-refractivity contribution in [3.05, 3.63) is 75.9 Å². The molecule has 26 heavy (non-hydrogen) atoms. The van der Waals surface area contributed by atoms with E-state index < -0.39 is 0 Å². The Bertz CT molecular complexity index is 1080. The Kier molecular flexibility index (Phi) is 5.01. The summed E-state index contributed by atoms with van der Waals surface area (Å²) in [7, 11) is 0. The lowest BCUT2D eigenvalue weighted by Crippen LogP contribution is -1.98. The van der Waals surface area contributed by atoms with Gasteiger partial charge in [-0.2, -0.15) is 0 Å². The van der Waals surface area contributed by atoms with Gasteiger partial charge in [0.05, 0.1) is 11.4 Å². The van der Waals surface area contributed by atoms with Gasteiger partial charge in [-0.25, -0.2) is 4.68 Å². The van der Waals surface area contributed by atoms with E-state index in [-0.39, 0.29) is 0 Å². The van der Waals surface area contributed by atoms with Gasteiger partial charge in [-0.3, -0.25) is 0 Å². The third kappa shape index (κ3) is 3.65. The zero-order chi connectivity index (χ0) is 17.9. The van der Waals surface area contributed by atoms with Gasteiger partial charge in [-0.05, 0) is 30.8 Å². The summed E-state index contributed by atoms with van der Waals surface area (Å²) in [6.07, 6.45) is 0. The largest absolute Gasteiger partial charge is 0.356 e. The van der Waals surface area contributed by atoms with E-state index in [1.54, 1.807) is 11.8 Å². The first kappa shape index (κ1) is 17.2. The summed E-state index contributed by atoms with van der Waals surface area (Å²) in [5.41, 5.74) is 4.08. The number of benzene rings is 2. The Morgan fingerprint density at radius 1 is 1.12 bits per heavy atom. The molecule has 0 amide bonds. The molecule has 4 rings (SSSR count). The normalized spacial score (nSPS) is 11.0. The molecular formula is C19H15N3OS3.